The third kappa shape index (κ3) is 5.38. The van der Waals surface area contributed by atoms with Crippen LogP contribution in [0.25, 0.3) is 11.4 Å². The summed E-state index contributed by atoms with van der Waals surface area (Å²) in [6.07, 6.45) is 0. The molecule has 172 valence electrons. The van der Waals surface area contributed by atoms with E-state index >= 15 is 0 Å². The molecular weight excluding hydrogens is 428 g/mol. The Labute approximate surface area is 198 Å². The van der Waals surface area contributed by atoms with E-state index in [1.807, 2.05) is 69.3 Å². The number of hydrogen-bond acceptors (Lipinski definition) is 5. The fourth-order valence-electron chi connectivity index (χ4n) is 3.31. The normalized spacial score (nSPS) is 12.1. The van der Waals surface area contributed by atoms with Gasteiger partial charge in [0.25, 0.3) is 11.8 Å². The van der Waals surface area contributed by atoms with E-state index in [4.69, 9.17) is 4.52 Å². The van der Waals surface area contributed by atoms with Gasteiger partial charge in [0.1, 0.15) is 6.04 Å². The Morgan fingerprint density at radius 2 is 1.47 bits per heavy atom. The number of hydrogen-bond donors (Lipinski definition) is 2. The number of amides is 2. The van der Waals surface area contributed by atoms with E-state index in [1.165, 1.54) is 0 Å². The van der Waals surface area contributed by atoms with Crippen molar-refractivity contribution in [3.63, 3.8) is 0 Å². The third-order valence-electron chi connectivity index (χ3n) is 5.18. The Hall–Kier alpha value is -4.26. The number of aromatic nitrogens is 2. The monoisotopic (exact) mass is 454 g/mol. The SMILES string of the molecule is CC(C)(C)c1nc(-c2ccc(NC(=O)C(NC(=O)c3ccccc3)c3ccccc3)cc2)no1. The number of nitrogens with one attached hydrogen (secondary N) is 2. The summed E-state index contributed by atoms with van der Waals surface area (Å²) in [5.74, 6) is 0.365. The maximum absolute atomic E-state index is 13.2. The number of benzene rings is 3. The number of anilines is 1. The van der Waals surface area contributed by atoms with Gasteiger partial charge in [0.2, 0.25) is 11.7 Å². The summed E-state index contributed by atoms with van der Waals surface area (Å²) in [4.78, 5) is 30.4. The van der Waals surface area contributed by atoms with Gasteiger partial charge in [-0.05, 0) is 42.0 Å². The van der Waals surface area contributed by atoms with Crippen molar-refractivity contribution in [2.45, 2.75) is 32.2 Å². The van der Waals surface area contributed by atoms with Gasteiger partial charge in [-0.2, -0.15) is 4.98 Å². The molecule has 1 heterocycles. The summed E-state index contributed by atoms with van der Waals surface area (Å²) >= 11 is 0. The van der Waals surface area contributed by atoms with Gasteiger partial charge in [-0.3, -0.25) is 9.59 Å². The van der Waals surface area contributed by atoms with E-state index in [1.54, 1.807) is 36.4 Å². The molecule has 7 heteroatoms. The molecule has 0 fully saturated rings. The molecule has 2 N–H and O–H groups in total. The molecule has 1 atom stereocenters. The average molecular weight is 455 g/mol. The van der Waals surface area contributed by atoms with Crippen LogP contribution in [0, 0.1) is 0 Å². The molecule has 0 aliphatic heterocycles. The molecule has 7 nitrogen and oxygen atoms in total. The average Bonchev–Trinajstić information content (AvgIpc) is 3.35. The summed E-state index contributed by atoms with van der Waals surface area (Å²) in [6, 6.07) is 24.2. The first-order chi connectivity index (χ1) is 16.3. The molecule has 0 saturated carbocycles. The highest BCUT2D eigenvalue weighted by Crippen LogP contribution is 2.25. The van der Waals surface area contributed by atoms with Crippen LogP contribution < -0.4 is 10.6 Å². The molecule has 0 spiro atoms. The Balaban J connectivity index is 1.51. The second-order valence-electron chi connectivity index (χ2n) is 8.92. The van der Waals surface area contributed by atoms with E-state index in [0.29, 0.717) is 28.5 Å². The van der Waals surface area contributed by atoms with Gasteiger partial charge in [0.15, 0.2) is 0 Å². The van der Waals surface area contributed by atoms with Crippen LogP contribution in [0.2, 0.25) is 0 Å². The van der Waals surface area contributed by atoms with Crippen LogP contribution in [0.3, 0.4) is 0 Å². The molecule has 4 rings (SSSR count). The first kappa shape index (κ1) is 22.9. The molecule has 0 saturated heterocycles. The summed E-state index contributed by atoms with van der Waals surface area (Å²) < 4.78 is 5.36. The minimum atomic E-state index is -0.861. The second kappa shape index (κ2) is 9.70. The minimum absolute atomic E-state index is 0.240. The van der Waals surface area contributed by atoms with Crippen molar-refractivity contribution in [3.05, 3.63) is 102 Å². The lowest BCUT2D eigenvalue weighted by Gasteiger charge is -2.19. The van der Waals surface area contributed by atoms with Crippen LogP contribution in [0.5, 0.6) is 0 Å². The summed E-state index contributed by atoms with van der Waals surface area (Å²) in [5.41, 5.74) is 2.28. The van der Waals surface area contributed by atoms with Crippen molar-refractivity contribution >= 4 is 17.5 Å². The fourth-order valence-corrected chi connectivity index (χ4v) is 3.31. The maximum Gasteiger partial charge on any atom is 0.252 e. The second-order valence-corrected chi connectivity index (χ2v) is 8.92. The molecule has 0 aliphatic carbocycles. The zero-order valence-corrected chi connectivity index (χ0v) is 19.3. The predicted molar refractivity (Wildman–Crippen MR) is 130 cm³/mol. The highest BCUT2D eigenvalue weighted by atomic mass is 16.5. The number of nitrogens with zero attached hydrogens (tertiary/aromatic N) is 2. The predicted octanol–water partition coefficient (Wildman–Crippen LogP) is 5.14. The van der Waals surface area contributed by atoms with Gasteiger partial charge >= 0.3 is 0 Å². The summed E-state index contributed by atoms with van der Waals surface area (Å²) in [5, 5.41) is 9.78. The van der Waals surface area contributed by atoms with E-state index in [-0.39, 0.29) is 17.2 Å². The van der Waals surface area contributed by atoms with E-state index in [0.717, 1.165) is 5.56 Å². The molecule has 2 amide bonds. The van der Waals surface area contributed by atoms with Crippen molar-refractivity contribution in [2.75, 3.05) is 5.32 Å². The maximum atomic E-state index is 13.2. The molecular formula is C27H26N4O3. The van der Waals surface area contributed by atoms with Crippen molar-refractivity contribution in [3.8, 4) is 11.4 Å². The van der Waals surface area contributed by atoms with Gasteiger partial charge in [0, 0.05) is 22.2 Å². The molecule has 0 aliphatic rings. The van der Waals surface area contributed by atoms with Gasteiger partial charge in [0.05, 0.1) is 0 Å². The van der Waals surface area contributed by atoms with Crippen LogP contribution >= 0.6 is 0 Å². The van der Waals surface area contributed by atoms with E-state index in [9.17, 15) is 9.59 Å². The van der Waals surface area contributed by atoms with E-state index in [2.05, 4.69) is 20.8 Å². The zero-order valence-electron chi connectivity index (χ0n) is 19.3. The quantitative estimate of drug-likeness (QED) is 0.420. The highest BCUT2D eigenvalue weighted by Gasteiger charge is 2.24. The first-order valence-corrected chi connectivity index (χ1v) is 11.0. The number of carbonyl (C=O) groups is 2. The Morgan fingerprint density at radius 1 is 0.853 bits per heavy atom. The van der Waals surface area contributed by atoms with Gasteiger partial charge < -0.3 is 15.2 Å². The summed E-state index contributed by atoms with van der Waals surface area (Å²) in [7, 11) is 0. The van der Waals surface area contributed by atoms with Crippen molar-refractivity contribution in [2.24, 2.45) is 0 Å². The number of carbonyl (C=O) groups excluding carboxylic acids is 2. The zero-order chi connectivity index (χ0) is 24.1. The van der Waals surface area contributed by atoms with Crippen LogP contribution in [-0.2, 0) is 10.2 Å². The lowest BCUT2D eigenvalue weighted by molar-refractivity contribution is -0.118. The van der Waals surface area contributed by atoms with Crippen molar-refractivity contribution in [1.29, 1.82) is 0 Å². The van der Waals surface area contributed by atoms with Crippen LogP contribution in [-0.4, -0.2) is 22.0 Å². The molecule has 0 radical (unpaired) electrons. The molecule has 1 aromatic heterocycles. The van der Waals surface area contributed by atoms with Crippen LogP contribution in [0.4, 0.5) is 5.69 Å². The molecule has 0 bridgehead atoms. The highest BCUT2D eigenvalue weighted by molar-refractivity contribution is 6.01. The molecule has 3 aromatic carbocycles. The Kier molecular flexibility index (Phi) is 6.54. The van der Waals surface area contributed by atoms with Gasteiger partial charge in [-0.1, -0.05) is 74.5 Å². The van der Waals surface area contributed by atoms with E-state index < -0.39 is 6.04 Å². The van der Waals surface area contributed by atoms with Crippen molar-refractivity contribution in [1.82, 2.24) is 15.5 Å². The number of rotatable bonds is 6. The molecule has 4 aromatic rings. The smallest absolute Gasteiger partial charge is 0.252 e. The Morgan fingerprint density at radius 3 is 2.06 bits per heavy atom. The fraction of sp³-hybridized carbons (Fsp3) is 0.185. The third-order valence-corrected chi connectivity index (χ3v) is 5.18. The minimum Gasteiger partial charge on any atom is -0.338 e. The largest absolute Gasteiger partial charge is 0.338 e. The lowest BCUT2D eigenvalue weighted by Crippen LogP contribution is -2.37. The van der Waals surface area contributed by atoms with Gasteiger partial charge in [-0.25, -0.2) is 0 Å². The van der Waals surface area contributed by atoms with Crippen LogP contribution in [0.1, 0.15) is 48.6 Å². The lowest BCUT2D eigenvalue weighted by atomic mass is 9.97. The van der Waals surface area contributed by atoms with Gasteiger partial charge in [-0.15, -0.1) is 0 Å². The van der Waals surface area contributed by atoms with Crippen LogP contribution in [0.15, 0.2) is 89.5 Å². The van der Waals surface area contributed by atoms with Crippen molar-refractivity contribution < 1.29 is 14.1 Å². The molecule has 1 unspecified atom stereocenters. The molecule has 34 heavy (non-hydrogen) atoms. The first-order valence-electron chi connectivity index (χ1n) is 11.0. The summed E-state index contributed by atoms with van der Waals surface area (Å²) in [6.45, 7) is 6.01. The Bertz CT molecular complexity index is 1260. The standard InChI is InChI=1S/C27H26N4O3/c1-27(2,3)26-30-23(31-34-26)19-14-16-21(17-15-19)28-25(33)22(18-10-6-4-7-11-18)29-24(32)20-12-8-5-9-13-20/h4-17,22H,1-3H3,(H,28,33)(H,29,32). The topological polar surface area (TPSA) is 97.1 Å².